The lowest BCUT2D eigenvalue weighted by atomic mass is 10.0. The van der Waals surface area contributed by atoms with Crippen LogP contribution in [0.25, 0.3) is 5.69 Å². The van der Waals surface area contributed by atoms with Gasteiger partial charge in [-0.2, -0.15) is 0 Å². The molecule has 3 aromatic rings. The molecule has 0 atom stereocenters. The molecule has 0 bridgehead atoms. The number of aromatic nitrogens is 5. The first-order chi connectivity index (χ1) is 10.0. The van der Waals surface area contributed by atoms with Gasteiger partial charge in [0.15, 0.2) is 0 Å². The number of nitrogens with zero attached hydrogens (tertiary/aromatic N) is 5. The minimum Gasteiger partial charge on any atom is -0.320 e. The van der Waals surface area contributed by atoms with Crippen LogP contribution < -0.4 is 5.73 Å². The van der Waals surface area contributed by atoms with Crippen molar-refractivity contribution in [2.24, 2.45) is 5.73 Å². The van der Waals surface area contributed by atoms with E-state index in [1.54, 1.807) is 17.2 Å². The van der Waals surface area contributed by atoms with Crippen LogP contribution in [0.5, 0.6) is 0 Å². The van der Waals surface area contributed by atoms with Crippen LogP contribution in [-0.2, 0) is 12.1 Å². The molecule has 0 amide bonds. The summed E-state index contributed by atoms with van der Waals surface area (Å²) in [6, 6.07) is 8.26. The van der Waals surface area contributed by atoms with Crippen molar-refractivity contribution in [3.8, 4) is 5.69 Å². The molecule has 0 unspecified atom stereocenters. The number of rotatable bonds is 4. The second-order valence-corrected chi connectivity index (χ2v) is 5.66. The summed E-state index contributed by atoms with van der Waals surface area (Å²) in [6.07, 6.45) is 7.35. The van der Waals surface area contributed by atoms with Crippen LogP contribution in [0.2, 0.25) is 0 Å². The van der Waals surface area contributed by atoms with Crippen molar-refractivity contribution >= 4 is 0 Å². The van der Waals surface area contributed by atoms with Crippen LogP contribution in [0.3, 0.4) is 0 Å². The molecule has 2 heterocycles. The molecule has 1 aromatic carbocycles. The van der Waals surface area contributed by atoms with E-state index in [-0.39, 0.29) is 0 Å². The third-order valence-corrected chi connectivity index (χ3v) is 3.28. The fourth-order valence-corrected chi connectivity index (χ4v) is 2.04. The second kappa shape index (κ2) is 5.14. The van der Waals surface area contributed by atoms with Crippen molar-refractivity contribution in [1.29, 1.82) is 0 Å². The first kappa shape index (κ1) is 13.5. The zero-order valence-electron chi connectivity index (χ0n) is 12.1. The summed E-state index contributed by atoms with van der Waals surface area (Å²) in [5.74, 6) is 0. The fourth-order valence-electron chi connectivity index (χ4n) is 2.04. The quantitative estimate of drug-likeness (QED) is 0.790. The van der Waals surface area contributed by atoms with Gasteiger partial charge in [-0.1, -0.05) is 17.3 Å². The van der Waals surface area contributed by atoms with Gasteiger partial charge < -0.3 is 10.3 Å². The van der Waals surface area contributed by atoms with Crippen molar-refractivity contribution in [3.05, 3.63) is 60.4 Å². The maximum atomic E-state index is 6.01. The van der Waals surface area contributed by atoms with Crippen molar-refractivity contribution in [2.75, 3.05) is 0 Å². The maximum Gasteiger partial charge on any atom is 0.102 e. The minimum atomic E-state index is -0.469. The van der Waals surface area contributed by atoms with E-state index in [4.69, 9.17) is 5.73 Å². The third-order valence-electron chi connectivity index (χ3n) is 3.28. The molecule has 0 aliphatic carbocycles. The fraction of sp³-hybridized carbons (Fsp3) is 0.267. The van der Waals surface area contributed by atoms with E-state index in [1.165, 1.54) is 0 Å². The molecule has 0 aliphatic heterocycles. The van der Waals surface area contributed by atoms with E-state index in [1.807, 2.05) is 30.8 Å². The van der Waals surface area contributed by atoms with E-state index in [9.17, 15) is 0 Å². The van der Waals surface area contributed by atoms with Gasteiger partial charge in [-0.3, -0.25) is 0 Å². The van der Waals surface area contributed by atoms with Gasteiger partial charge in [0.1, 0.15) is 5.69 Å². The molecule has 2 aromatic heterocycles. The van der Waals surface area contributed by atoms with E-state index in [2.05, 4.69) is 39.6 Å². The lowest BCUT2D eigenvalue weighted by Crippen LogP contribution is -2.29. The standard InChI is InChI=1S/C15H18N6/c1-15(2,16)14-10-21(19-18-14)9-12-3-5-13(6-4-12)20-8-7-17-11-20/h3-8,10-11H,9,16H2,1-2H3. The summed E-state index contributed by atoms with van der Waals surface area (Å²) in [5, 5.41) is 8.24. The molecule has 3 rings (SSSR count). The van der Waals surface area contributed by atoms with Gasteiger partial charge in [0.25, 0.3) is 0 Å². The molecule has 21 heavy (non-hydrogen) atoms. The smallest absolute Gasteiger partial charge is 0.102 e. The van der Waals surface area contributed by atoms with E-state index in [0.29, 0.717) is 6.54 Å². The third kappa shape index (κ3) is 3.00. The Morgan fingerprint density at radius 1 is 1.19 bits per heavy atom. The largest absolute Gasteiger partial charge is 0.320 e. The average Bonchev–Trinajstić information content (AvgIpc) is 3.09. The van der Waals surface area contributed by atoms with Gasteiger partial charge >= 0.3 is 0 Å². The first-order valence-electron chi connectivity index (χ1n) is 6.79. The summed E-state index contributed by atoms with van der Waals surface area (Å²) >= 11 is 0. The highest BCUT2D eigenvalue weighted by Crippen LogP contribution is 2.14. The van der Waals surface area contributed by atoms with Gasteiger partial charge in [0.05, 0.1) is 24.6 Å². The summed E-state index contributed by atoms with van der Waals surface area (Å²) in [5.41, 5.74) is 8.57. The highest BCUT2D eigenvalue weighted by Gasteiger charge is 2.18. The zero-order chi connectivity index (χ0) is 14.9. The molecular weight excluding hydrogens is 264 g/mol. The van der Waals surface area contributed by atoms with Gasteiger partial charge in [-0.15, -0.1) is 5.10 Å². The predicted octanol–water partition coefficient (Wildman–Crippen LogP) is 1.71. The SMILES string of the molecule is CC(C)(N)c1cn(Cc2ccc(-n3ccnc3)cc2)nn1. The van der Waals surface area contributed by atoms with Crippen molar-refractivity contribution in [3.63, 3.8) is 0 Å². The van der Waals surface area contributed by atoms with Crippen molar-refractivity contribution in [1.82, 2.24) is 24.5 Å². The van der Waals surface area contributed by atoms with Crippen LogP contribution in [-0.4, -0.2) is 24.5 Å². The minimum absolute atomic E-state index is 0.469. The monoisotopic (exact) mass is 282 g/mol. The summed E-state index contributed by atoms with van der Waals surface area (Å²) < 4.78 is 3.77. The number of hydrogen-bond acceptors (Lipinski definition) is 4. The van der Waals surface area contributed by atoms with Gasteiger partial charge in [0, 0.05) is 18.1 Å². The highest BCUT2D eigenvalue weighted by atomic mass is 15.4. The van der Waals surface area contributed by atoms with Gasteiger partial charge in [-0.05, 0) is 31.5 Å². The normalized spacial score (nSPS) is 11.8. The summed E-state index contributed by atoms with van der Waals surface area (Å²) in [6.45, 7) is 4.51. The summed E-state index contributed by atoms with van der Waals surface area (Å²) in [7, 11) is 0. The molecule has 0 aliphatic rings. The molecule has 6 heteroatoms. The van der Waals surface area contributed by atoms with E-state index >= 15 is 0 Å². The Bertz CT molecular complexity index is 703. The molecular formula is C15H18N6. The molecule has 6 nitrogen and oxygen atoms in total. The Balaban J connectivity index is 1.75. The number of imidazole rings is 1. The van der Waals surface area contributed by atoms with Crippen LogP contribution >= 0.6 is 0 Å². The Labute approximate surface area is 123 Å². The average molecular weight is 282 g/mol. The Morgan fingerprint density at radius 3 is 2.52 bits per heavy atom. The topological polar surface area (TPSA) is 74.5 Å². The van der Waals surface area contributed by atoms with Crippen molar-refractivity contribution < 1.29 is 0 Å². The summed E-state index contributed by atoms with van der Waals surface area (Å²) in [4.78, 5) is 4.04. The molecule has 0 radical (unpaired) electrons. The number of nitrogens with two attached hydrogens (primary N) is 1. The molecule has 2 N–H and O–H groups in total. The van der Waals surface area contributed by atoms with Crippen LogP contribution in [0.15, 0.2) is 49.2 Å². The Kier molecular flexibility index (Phi) is 3.31. The lowest BCUT2D eigenvalue weighted by Gasteiger charge is -2.13. The Morgan fingerprint density at radius 2 is 1.95 bits per heavy atom. The van der Waals surface area contributed by atoms with E-state index < -0.39 is 5.54 Å². The molecule has 0 saturated heterocycles. The van der Waals surface area contributed by atoms with Crippen LogP contribution in [0.4, 0.5) is 0 Å². The van der Waals surface area contributed by atoms with Gasteiger partial charge in [0.2, 0.25) is 0 Å². The molecule has 108 valence electrons. The maximum absolute atomic E-state index is 6.01. The molecule has 0 saturated carbocycles. The van der Waals surface area contributed by atoms with E-state index in [0.717, 1.165) is 16.9 Å². The van der Waals surface area contributed by atoms with Gasteiger partial charge in [-0.25, -0.2) is 9.67 Å². The second-order valence-electron chi connectivity index (χ2n) is 5.66. The predicted molar refractivity (Wildman–Crippen MR) is 79.9 cm³/mol. The first-order valence-corrected chi connectivity index (χ1v) is 6.79. The number of benzene rings is 1. The van der Waals surface area contributed by atoms with Crippen LogP contribution in [0.1, 0.15) is 25.1 Å². The van der Waals surface area contributed by atoms with Crippen LogP contribution in [0, 0.1) is 0 Å². The lowest BCUT2D eigenvalue weighted by molar-refractivity contribution is 0.533. The van der Waals surface area contributed by atoms with Crippen molar-refractivity contribution in [2.45, 2.75) is 25.9 Å². The molecule has 0 fully saturated rings. The number of hydrogen-bond donors (Lipinski definition) is 1. The zero-order valence-corrected chi connectivity index (χ0v) is 12.1. The highest BCUT2D eigenvalue weighted by molar-refractivity contribution is 5.34. The Hall–Kier alpha value is -2.47. The molecule has 0 spiro atoms.